The topological polar surface area (TPSA) is 74.3 Å². The number of alkyl carbamates (subject to hydrolysis) is 1. The molecule has 1 heterocycles. The summed E-state index contributed by atoms with van der Waals surface area (Å²) in [4.78, 5) is 15.0. The van der Waals surface area contributed by atoms with Crippen LogP contribution >= 0.6 is 0 Å². The maximum absolute atomic E-state index is 14.3. The highest BCUT2D eigenvalue weighted by Crippen LogP contribution is 2.33. The van der Waals surface area contributed by atoms with E-state index in [1.807, 2.05) is 0 Å². The molecule has 2 aromatic carbocycles. The second-order valence-corrected chi connectivity index (χ2v) is 7.60. The monoisotopic (exact) mass is 418 g/mol. The molecule has 30 heavy (non-hydrogen) atoms. The van der Waals surface area contributed by atoms with Crippen molar-refractivity contribution in [1.82, 2.24) is 10.3 Å². The third-order valence-corrected chi connectivity index (χ3v) is 5.63. The average Bonchev–Trinajstić information content (AvgIpc) is 3.04. The van der Waals surface area contributed by atoms with Crippen molar-refractivity contribution < 1.29 is 27.8 Å². The molecule has 0 bridgehead atoms. The van der Waals surface area contributed by atoms with Crippen LogP contribution in [0.25, 0.3) is 22.2 Å². The number of fused-ring (bicyclic) bond motifs is 1. The third kappa shape index (κ3) is 3.87. The van der Waals surface area contributed by atoms with E-state index in [4.69, 9.17) is 4.74 Å². The number of aliphatic hydroxyl groups excluding tert-OH is 1. The summed E-state index contributed by atoms with van der Waals surface area (Å²) in [5.41, 5.74) is 1.17. The second kappa shape index (κ2) is 8.02. The molecule has 3 aromatic rings. The van der Waals surface area contributed by atoms with Gasteiger partial charge < -0.3 is 20.1 Å². The normalized spacial score (nSPS) is 15.1. The lowest BCUT2D eigenvalue weighted by Gasteiger charge is -2.40. The highest BCUT2D eigenvalue weighted by atomic mass is 19.1. The van der Waals surface area contributed by atoms with Crippen LogP contribution in [0.5, 0.6) is 0 Å². The predicted molar refractivity (Wildman–Crippen MR) is 105 cm³/mol. The molecule has 1 amide bonds. The quantitative estimate of drug-likeness (QED) is 0.554. The van der Waals surface area contributed by atoms with Gasteiger partial charge in [-0.3, -0.25) is 0 Å². The van der Waals surface area contributed by atoms with Crippen LogP contribution in [0.4, 0.5) is 18.0 Å². The minimum absolute atomic E-state index is 0.0351. The Labute approximate surface area is 170 Å². The third-order valence-electron chi connectivity index (χ3n) is 5.63. The second-order valence-electron chi connectivity index (χ2n) is 7.60. The van der Waals surface area contributed by atoms with Gasteiger partial charge in [0.15, 0.2) is 0 Å². The number of aromatic nitrogens is 1. The number of carbonyl (C=O) groups is 1. The number of aliphatic hydroxyl groups is 1. The van der Waals surface area contributed by atoms with E-state index in [0.717, 1.165) is 12.5 Å². The number of hydrogen-bond donors (Lipinski definition) is 3. The molecule has 4 rings (SSSR count). The lowest BCUT2D eigenvalue weighted by molar-refractivity contribution is 0.0717. The molecule has 1 aliphatic rings. The summed E-state index contributed by atoms with van der Waals surface area (Å²) in [6.45, 7) is -0.190. The fourth-order valence-electron chi connectivity index (χ4n) is 3.82. The molecular weight excluding hydrogens is 397 g/mol. The lowest BCUT2D eigenvalue weighted by atomic mass is 9.77. The van der Waals surface area contributed by atoms with Gasteiger partial charge in [-0.25, -0.2) is 18.0 Å². The Balaban J connectivity index is 1.58. The number of ether oxygens (including phenoxy) is 1. The van der Waals surface area contributed by atoms with Crippen molar-refractivity contribution in [3.8, 4) is 11.3 Å². The van der Waals surface area contributed by atoms with E-state index in [-0.39, 0.29) is 25.2 Å². The number of H-pyrrole nitrogens is 1. The van der Waals surface area contributed by atoms with Gasteiger partial charge in [-0.2, -0.15) is 0 Å². The zero-order valence-corrected chi connectivity index (χ0v) is 16.1. The van der Waals surface area contributed by atoms with Crippen molar-refractivity contribution in [2.75, 3.05) is 13.2 Å². The summed E-state index contributed by atoms with van der Waals surface area (Å²) in [6, 6.07) is 7.62. The number of hydrogen-bond acceptors (Lipinski definition) is 3. The first-order valence-corrected chi connectivity index (χ1v) is 9.72. The van der Waals surface area contributed by atoms with Crippen LogP contribution in [-0.2, 0) is 11.2 Å². The van der Waals surface area contributed by atoms with Crippen molar-refractivity contribution in [3.05, 3.63) is 59.4 Å². The molecule has 0 saturated heterocycles. The Bertz CT molecular complexity index is 1070. The van der Waals surface area contributed by atoms with Crippen LogP contribution in [0.2, 0.25) is 0 Å². The van der Waals surface area contributed by atoms with Crippen LogP contribution in [-0.4, -0.2) is 34.9 Å². The van der Waals surface area contributed by atoms with Gasteiger partial charge in [0.05, 0.1) is 24.3 Å². The summed E-state index contributed by atoms with van der Waals surface area (Å²) < 4.78 is 46.7. The van der Waals surface area contributed by atoms with Gasteiger partial charge in [0, 0.05) is 23.6 Å². The van der Waals surface area contributed by atoms with Crippen molar-refractivity contribution in [2.24, 2.45) is 0 Å². The molecule has 158 valence electrons. The summed E-state index contributed by atoms with van der Waals surface area (Å²) in [7, 11) is 0. The molecule has 1 aliphatic carbocycles. The van der Waals surface area contributed by atoms with Crippen LogP contribution in [0, 0.1) is 17.5 Å². The van der Waals surface area contributed by atoms with Crippen LogP contribution in [0.3, 0.4) is 0 Å². The number of nitrogens with one attached hydrogen (secondary N) is 2. The van der Waals surface area contributed by atoms with Gasteiger partial charge in [-0.1, -0.05) is 0 Å². The van der Waals surface area contributed by atoms with Crippen LogP contribution < -0.4 is 5.32 Å². The first kappa shape index (κ1) is 20.3. The van der Waals surface area contributed by atoms with Crippen LogP contribution in [0.1, 0.15) is 24.8 Å². The fourth-order valence-corrected chi connectivity index (χ4v) is 3.82. The molecule has 0 spiro atoms. The minimum atomic E-state index is -0.742. The number of aromatic amines is 1. The fraction of sp³-hybridized carbons (Fsp3) is 0.318. The van der Waals surface area contributed by atoms with E-state index in [9.17, 15) is 23.1 Å². The number of rotatable bonds is 6. The van der Waals surface area contributed by atoms with Gasteiger partial charge in [0.1, 0.15) is 17.5 Å². The van der Waals surface area contributed by atoms with Crippen molar-refractivity contribution in [2.45, 2.75) is 31.2 Å². The molecule has 1 saturated carbocycles. The highest BCUT2D eigenvalue weighted by molar-refractivity contribution is 5.91. The number of halogens is 3. The van der Waals surface area contributed by atoms with Crippen LogP contribution in [0.15, 0.2) is 36.4 Å². The Kier molecular flexibility index (Phi) is 5.42. The average molecular weight is 418 g/mol. The van der Waals surface area contributed by atoms with Crippen molar-refractivity contribution >= 4 is 17.0 Å². The Morgan fingerprint density at radius 2 is 1.87 bits per heavy atom. The zero-order chi connectivity index (χ0) is 21.3. The predicted octanol–water partition coefficient (Wildman–Crippen LogP) is 4.44. The Hall–Kier alpha value is -3.00. The SMILES string of the molecule is O=C(NC1(CO)CCC1)OCCc1c(-c2ccc(F)cc2)[nH]c2c(F)cc(F)cc12. The molecule has 0 unspecified atom stereocenters. The lowest BCUT2D eigenvalue weighted by Crippen LogP contribution is -2.56. The number of amides is 1. The van der Waals surface area contributed by atoms with E-state index in [1.165, 1.54) is 30.3 Å². The first-order valence-electron chi connectivity index (χ1n) is 9.72. The van der Waals surface area contributed by atoms with Gasteiger partial charge in [0.2, 0.25) is 0 Å². The largest absolute Gasteiger partial charge is 0.449 e. The molecule has 0 radical (unpaired) electrons. The maximum atomic E-state index is 14.3. The molecule has 3 N–H and O–H groups in total. The Morgan fingerprint density at radius 3 is 2.50 bits per heavy atom. The minimum Gasteiger partial charge on any atom is -0.449 e. The van der Waals surface area contributed by atoms with E-state index in [2.05, 4.69) is 10.3 Å². The smallest absolute Gasteiger partial charge is 0.407 e. The summed E-state index contributed by atoms with van der Waals surface area (Å²) in [5.74, 6) is -1.88. The zero-order valence-electron chi connectivity index (χ0n) is 16.1. The number of benzene rings is 2. The van der Waals surface area contributed by atoms with E-state index in [0.29, 0.717) is 35.0 Å². The maximum Gasteiger partial charge on any atom is 0.407 e. The van der Waals surface area contributed by atoms with Gasteiger partial charge >= 0.3 is 6.09 Å². The molecule has 1 fully saturated rings. The molecular formula is C22H21F3N2O3. The van der Waals surface area contributed by atoms with E-state index in [1.54, 1.807) is 0 Å². The van der Waals surface area contributed by atoms with E-state index < -0.39 is 29.1 Å². The Morgan fingerprint density at radius 1 is 1.13 bits per heavy atom. The molecule has 5 nitrogen and oxygen atoms in total. The highest BCUT2D eigenvalue weighted by Gasteiger charge is 2.38. The summed E-state index contributed by atoms with van der Waals surface area (Å²) in [5, 5.41) is 12.5. The summed E-state index contributed by atoms with van der Waals surface area (Å²) in [6.07, 6.45) is 1.84. The van der Waals surface area contributed by atoms with Gasteiger partial charge in [0.25, 0.3) is 0 Å². The molecule has 1 aromatic heterocycles. The number of carbonyl (C=O) groups excluding carboxylic acids is 1. The molecule has 0 atom stereocenters. The molecule has 0 aliphatic heterocycles. The first-order chi connectivity index (χ1) is 14.4. The van der Waals surface area contributed by atoms with Gasteiger partial charge in [-0.15, -0.1) is 0 Å². The molecule has 8 heteroatoms. The van der Waals surface area contributed by atoms with Crippen molar-refractivity contribution in [1.29, 1.82) is 0 Å². The van der Waals surface area contributed by atoms with Gasteiger partial charge in [-0.05, 0) is 60.7 Å². The summed E-state index contributed by atoms with van der Waals surface area (Å²) >= 11 is 0. The standard InChI is InChI=1S/C22H21F3N2O3/c23-14-4-2-13(3-5-14)19-16(17-10-15(24)11-18(25)20(17)26-19)6-9-30-21(29)27-22(12-28)7-1-8-22/h2-5,10-11,26,28H,1,6-9,12H2,(H,27,29). The van der Waals surface area contributed by atoms with Crippen molar-refractivity contribution in [3.63, 3.8) is 0 Å². The van der Waals surface area contributed by atoms with E-state index >= 15 is 0 Å².